The molecule has 0 bridgehead atoms. The van der Waals surface area contributed by atoms with E-state index in [1.165, 1.54) is 11.8 Å². The minimum Gasteiger partial charge on any atom is -0.285 e. The summed E-state index contributed by atoms with van der Waals surface area (Å²) in [5, 5.41) is 2.58. The van der Waals surface area contributed by atoms with Crippen molar-refractivity contribution in [3.8, 4) is 0 Å². The number of rotatable bonds is 1. The van der Waals surface area contributed by atoms with Crippen molar-refractivity contribution in [2.24, 2.45) is 5.18 Å². The van der Waals surface area contributed by atoms with Crippen LogP contribution in [0.2, 0.25) is 0 Å². The standard InChI is InChI=1S/C4H5NO2S/c6-4-3(5-7)1-2-8-4/h3H,1-2H2. The van der Waals surface area contributed by atoms with Crippen LogP contribution < -0.4 is 0 Å². The molecular formula is C4H5NO2S. The Morgan fingerprint density at radius 2 is 2.50 bits per heavy atom. The van der Waals surface area contributed by atoms with Gasteiger partial charge >= 0.3 is 0 Å². The molecule has 1 atom stereocenters. The first-order valence-electron chi connectivity index (χ1n) is 2.33. The van der Waals surface area contributed by atoms with Gasteiger partial charge in [-0.2, -0.15) is 4.91 Å². The van der Waals surface area contributed by atoms with Crippen LogP contribution in [0.5, 0.6) is 0 Å². The molecular weight excluding hydrogens is 126 g/mol. The van der Waals surface area contributed by atoms with Gasteiger partial charge < -0.3 is 0 Å². The van der Waals surface area contributed by atoms with Gasteiger partial charge in [-0.1, -0.05) is 16.9 Å². The smallest absolute Gasteiger partial charge is 0.217 e. The van der Waals surface area contributed by atoms with E-state index in [-0.39, 0.29) is 5.12 Å². The van der Waals surface area contributed by atoms with Crippen LogP contribution >= 0.6 is 11.8 Å². The molecule has 1 heterocycles. The summed E-state index contributed by atoms with van der Waals surface area (Å²) in [5.74, 6) is 0.759. The van der Waals surface area contributed by atoms with Crippen LogP contribution in [-0.4, -0.2) is 16.9 Å². The fourth-order valence-electron chi connectivity index (χ4n) is 0.581. The highest BCUT2D eigenvalue weighted by Gasteiger charge is 2.25. The van der Waals surface area contributed by atoms with Crippen LogP contribution in [-0.2, 0) is 4.79 Å². The molecule has 1 fully saturated rings. The van der Waals surface area contributed by atoms with Crippen molar-refractivity contribution >= 4 is 16.9 Å². The fraction of sp³-hybridized carbons (Fsp3) is 0.750. The molecule has 1 aliphatic rings. The predicted molar refractivity (Wildman–Crippen MR) is 31.7 cm³/mol. The van der Waals surface area contributed by atoms with E-state index in [2.05, 4.69) is 5.18 Å². The molecule has 0 aromatic carbocycles. The average molecular weight is 131 g/mol. The Balaban J connectivity index is 2.54. The van der Waals surface area contributed by atoms with Crippen molar-refractivity contribution in [3.05, 3.63) is 4.91 Å². The Morgan fingerprint density at radius 1 is 1.75 bits per heavy atom. The van der Waals surface area contributed by atoms with E-state index in [1.54, 1.807) is 0 Å². The summed E-state index contributed by atoms with van der Waals surface area (Å²) in [6.45, 7) is 0. The van der Waals surface area contributed by atoms with Gasteiger partial charge in [0.15, 0.2) is 6.04 Å². The van der Waals surface area contributed by atoms with Crippen LogP contribution in [0.1, 0.15) is 6.42 Å². The minimum absolute atomic E-state index is 0.0694. The molecule has 0 aromatic rings. The Hall–Kier alpha value is -0.380. The van der Waals surface area contributed by atoms with Gasteiger partial charge in [0.25, 0.3) is 0 Å². The van der Waals surface area contributed by atoms with E-state index in [0.717, 1.165) is 5.75 Å². The predicted octanol–water partition coefficient (Wildman–Crippen LogP) is 0.785. The molecule has 1 unspecified atom stereocenters. The summed E-state index contributed by atoms with van der Waals surface area (Å²) >= 11 is 1.20. The first kappa shape index (κ1) is 5.75. The molecule has 0 aliphatic carbocycles. The first-order chi connectivity index (χ1) is 3.84. The van der Waals surface area contributed by atoms with Gasteiger partial charge in [0, 0.05) is 5.75 Å². The number of hydrogen-bond acceptors (Lipinski definition) is 4. The molecule has 0 N–H and O–H groups in total. The summed E-state index contributed by atoms with van der Waals surface area (Å²) in [5.41, 5.74) is 0. The second-order valence-electron chi connectivity index (χ2n) is 1.58. The van der Waals surface area contributed by atoms with Crippen LogP contribution in [0, 0.1) is 4.91 Å². The SMILES string of the molecule is O=NC1CCSC1=O. The summed E-state index contributed by atoms with van der Waals surface area (Å²) in [6.07, 6.45) is 0.632. The van der Waals surface area contributed by atoms with Crippen molar-refractivity contribution in [3.63, 3.8) is 0 Å². The third-order valence-electron chi connectivity index (χ3n) is 1.03. The third-order valence-corrected chi connectivity index (χ3v) is 2.03. The molecule has 0 aromatic heterocycles. The molecule has 44 valence electrons. The van der Waals surface area contributed by atoms with Crippen molar-refractivity contribution in [1.29, 1.82) is 0 Å². The van der Waals surface area contributed by atoms with Gasteiger partial charge in [0.05, 0.1) is 0 Å². The highest BCUT2D eigenvalue weighted by molar-refractivity contribution is 8.14. The van der Waals surface area contributed by atoms with Crippen LogP contribution in [0.3, 0.4) is 0 Å². The van der Waals surface area contributed by atoms with Crippen molar-refractivity contribution in [2.45, 2.75) is 12.5 Å². The Bertz CT molecular complexity index is 125. The zero-order chi connectivity index (χ0) is 5.98. The number of thioether (sulfide) groups is 1. The number of hydrogen-bond donors (Lipinski definition) is 0. The summed E-state index contributed by atoms with van der Waals surface area (Å²) in [6, 6.07) is -0.542. The monoisotopic (exact) mass is 131 g/mol. The van der Waals surface area contributed by atoms with E-state index in [0.29, 0.717) is 6.42 Å². The molecule has 0 amide bonds. The lowest BCUT2D eigenvalue weighted by Gasteiger charge is -1.87. The van der Waals surface area contributed by atoms with Gasteiger partial charge in [-0.15, -0.1) is 0 Å². The van der Waals surface area contributed by atoms with E-state index in [9.17, 15) is 9.70 Å². The minimum atomic E-state index is -0.542. The highest BCUT2D eigenvalue weighted by Crippen LogP contribution is 2.21. The molecule has 1 saturated heterocycles. The number of nitroso groups, excluding NO2 is 1. The summed E-state index contributed by atoms with van der Waals surface area (Å²) in [4.78, 5) is 20.2. The largest absolute Gasteiger partial charge is 0.285 e. The van der Waals surface area contributed by atoms with Crippen LogP contribution in [0.4, 0.5) is 0 Å². The Kier molecular flexibility index (Phi) is 1.62. The Morgan fingerprint density at radius 3 is 2.75 bits per heavy atom. The van der Waals surface area contributed by atoms with Gasteiger partial charge in [-0.05, 0) is 6.42 Å². The van der Waals surface area contributed by atoms with E-state index < -0.39 is 6.04 Å². The maximum absolute atomic E-state index is 10.5. The molecule has 8 heavy (non-hydrogen) atoms. The number of carbonyl (C=O) groups excluding carboxylic acids is 1. The van der Waals surface area contributed by atoms with Crippen molar-refractivity contribution in [2.75, 3.05) is 5.75 Å². The van der Waals surface area contributed by atoms with E-state index >= 15 is 0 Å². The lowest BCUT2D eigenvalue weighted by molar-refractivity contribution is -0.111. The van der Waals surface area contributed by atoms with Gasteiger partial charge in [-0.25, -0.2) is 0 Å². The fourth-order valence-corrected chi connectivity index (χ4v) is 1.48. The maximum atomic E-state index is 10.5. The van der Waals surface area contributed by atoms with Gasteiger partial charge in [0.1, 0.15) is 0 Å². The molecule has 1 rings (SSSR count). The van der Waals surface area contributed by atoms with Gasteiger partial charge in [-0.3, -0.25) is 4.79 Å². The van der Waals surface area contributed by atoms with Crippen LogP contribution in [0.15, 0.2) is 5.18 Å². The second kappa shape index (κ2) is 2.26. The quantitative estimate of drug-likeness (QED) is 0.494. The lowest BCUT2D eigenvalue weighted by atomic mass is 10.3. The maximum Gasteiger partial charge on any atom is 0.217 e. The highest BCUT2D eigenvalue weighted by atomic mass is 32.2. The summed E-state index contributed by atoms with van der Waals surface area (Å²) in [7, 11) is 0. The zero-order valence-electron chi connectivity index (χ0n) is 4.16. The van der Waals surface area contributed by atoms with Crippen LogP contribution in [0.25, 0.3) is 0 Å². The number of nitrogens with zero attached hydrogens (tertiary/aromatic N) is 1. The normalized spacial score (nSPS) is 28.5. The third kappa shape index (κ3) is 0.888. The molecule has 1 aliphatic heterocycles. The average Bonchev–Trinajstić information content (AvgIpc) is 2.14. The molecule has 3 nitrogen and oxygen atoms in total. The van der Waals surface area contributed by atoms with Crippen molar-refractivity contribution in [1.82, 2.24) is 0 Å². The second-order valence-corrected chi connectivity index (χ2v) is 2.68. The van der Waals surface area contributed by atoms with Gasteiger partial charge in [0.2, 0.25) is 5.12 Å². The van der Waals surface area contributed by atoms with E-state index in [4.69, 9.17) is 0 Å². The molecule has 4 heteroatoms. The first-order valence-corrected chi connectivity index (χ1v) is 3.32. The van der Waals surface area contributed by atoms with E-state index in [1.807, 2.05) is 0 Å². The van der Waals surface area contributed by atoms with Crippen molar-refractivity contribution < 1.29 is 4.79 Å². The zero-order valence-corrected chi connectivity index (χ0v) is 4.98. The Labute approximate surface area is 50.8 Å². The molecule has 0 spiro atoms. The topological polar surface area (TPSA) is 46.5 Å². The lowest BCUT2D eigenvalue weighted by Crippen LogP contribution is -2.05. The number of carbonyl (C=O) groups is 1. The molecule has 0 saturated carbocycles. The summed E-state index contributed by atoms with van der Waals surface area (Å²) < 4.78 is 0. The molecule has 0 radical (unpaired) electrons.